The molecule has 0 saturated heterocycles. The van der Waals surface area contributed by atoms with Gasteiger partial charge in [-0.3, -0.25) is 0 Å². The van der Waals surface area contributed by atoms with Crippen molar-refractivity contribution in [3.05, 3.63) is 230 Å². The molecule has 2 aromatic heterocycles. The van der Waals surface area contributed by atoms with Crippen molar-refractivity contribution < 1.29 is 4.42 Å². The summed E-state index contributed by atoms with van der Waals surface area (Å²) in [6.45, 7) is 4.70. The van der Waals surface area contributed by atoms with Gasteiger partial charge in [0, 0.05) is 49.5 Å². The Labute approximate surface area is 371 Å². The molecule has 3 nitrogen and oxygen atoms in total. The third kappa shape index (κ3) is 5.34. The van der Waals surface area contributed by atoms with E-state index < -0.39 is 0 Å². The summed E-state index contributed by atoms with van der Waals surface area (Å²) in [6.07, 6.45) is 0. The Hall–Kier alpha value is -8.14. The van der Waals surface area contributed by atoms with E-state index in [1.807, 2.05) is 0 Å². The van der Waals surface area contributed by atoms with E-state index in [4.69, 9.17) is 4.42 Å². The van der Waals surface area contributed by atoms with Gasteiger partial charge in [0.25, 0.3) is 0 Å². The molecule has 302 valence electrons. The lowest BCUT2D eigenvalue weighted by Crippen LogP contribution is -2.16. The molecule has 64 heavy (non-hydrogen) atoms. The Balaban J connectivity index is 1.03. The lowest BCUT2D eigenvalue weighted by Gasteiger charge is -2.29. The van der Waals surface area contributed by atoms with E-state index in [0.29, 0.717) is 0 Å². The maximum atomic E-state index is 7.29. The number of nitrogens with zero attached hydrogens (tertiary/aromatic N) is 2. The van der Waals surface area contributed by atoms with Gasteiger partial charge in [0.1, 0.15) is 5.58 Å². The molecule has 1 aliphatic rings. The zero-order valence-corrected chi connectivity index (χ0v) is 35.6. The summed E-state index contributed by atoms with van der Waals surface area (Å²) in [7, 11) is 0. The molecule has 0 bridgehead atoms. The van der Waals surface area contributed by atoms with Gasteiger partial charge in [-0.2, -0.15) is 0 Å². The molecule has 12 aromatic rings. The van der Waals surface area contributed by atoms with Crippen LogP contribution in [0.4, 0.5) is 17.1 Å². The second-order valence-corrected chi connectivity index (χ2v) is 17.6. The van der Waals surface area contributed by atoms with Crippen LogP contribution in [0.3, 0.4) is 0 Å². The summed E-state index contributed by atoms with van der Waals surface area (Å²) in [5.41, 5.74) is 18.1. The highest BCUT2D eigenvalue weighted by Gasteiger charge is 2.38. The quantitative estimate of drug-likeness (QED) is 0.167. The lowest BCUT2D eigenvalue weighted by atomic mass is 9.82. The van der Waals surface area contributed by atoms with Crippen molar-refractivity contribution in [1.29, 1.82) is 0 Å². The summed E-state index contributed by atoms with van der Waals surface area (Å²) < 4.78 is 9.66. The van der Waals surface area contributed by atoms with Crippen LogP contribution in [0.1, 0.15) is 25.0 Å². The summed E-state index contributed by atoms with van der Waals surface area (Å²) in [5, 5.41) is 7.09. The average Bonchev–Trinajstić information content (AvgIpc) is 3.99. The molecular weight excluding hydrogens is 777 g/mol. The first kappa shape index (κ1) is 36.5. The van der Waals surface area contributed by atoms with Gasteiger partial charge in [0.15, 0.2) is 5.58 Å². The maximum Gasteiger partial charge on any atom is 0.159 e. The number of benzene rings is 10. The highest BCUT2D eigenvalue weighted by Crippen LogP contribution is 2.55. The monoisotopic (exact) mass is 818 g/mol. The van der Waals surface area contributed by atoms with Gasteiger partial charge in [0.2, 0.25) is 0 Å². The molecule has 0 amide bonds. The van der Waals surface area contributed by atoms with Crippen molar-refractivity contribution in [3.8, 4) is 39.1 Å². The molecule has 0 radical (unpaired) electrons. The number of rotatable bonds is 6. The summed E-state index contributed by atoms with van der Waals surface area (Å²) in [6, 6.07) is 79.4. The number of fused-ring (bicyclic) bond motifs is 11. The van der Waals surface area contributed by atoms with Gasteiger partial charge in [-0.25, -0.2) is 0 Å². The standard InChI is InChI=1S/C61H42N2O/c1-61(2)51-26-13-11-24-47(51)58-52(61)27-16-29-55(58)63(56-30-15-25-48-57-45-22-10-9-19-42(45)38-49(60(57)64-59(48)56)40-17-5-3-6-18-40)44-34-31-39(32-35-44)41-33-36-54-50(37-41)46-23-12-14-28-53(46)62(54)43-20-7-4-8-21-43/h3-38H,1-2H3. The van der Waals surface area contributed by atoms with Crippen molar-refractivity contribution in [2.75, 3.05) is 4.90 Å². The molecule has 3 heteroatoms. The number of para-hydroxylation sites is 3. The molecule has 0 atom stereocenters. The zero-order chi connectivity index (χ0) is 42.5. The van der Waals surface area contributed by atoms with E-state index in [1.54, 1.807) is 0 Å². The second kappa shape index (κ2) is 13.9. The minimum absolute atomic E-state index is 0.158. The zero-order valence-electron chi connectivity index (χ0n) is 35.6. The van der Waals surface area contributed by atoms with Gasteiger partial charge in [-0.15, -0.1) is 0 Å². The van der Waals surface area contributed by atoms with Gasteiger partial charge >= 0.3 is 0 Å². The molecule has 1 aliphatic carbocycles. The number of aromatic nitrogens is 1. The topological polar surface area (TPSA) is 21.3 Å². The SMILES string of the molecule is CC1(C)c2ccccc2-c2c(N(c3ccc(-c4ccc5c(c4)c4ccccc4n5-c4ccccc4)cc3)c3cccc4c3oc3c(-c5ccccc5)cc5ccccc5c34)cccc21. The van der Waals surface area contributed by atoms with E-state index >= 15 is 0 Å². The molecule has 10 aromatic carbocycles. The van der Waals surface area contributed by atoms with Crippen molar-refractivity contribution >= 4 is 71.6 Å². The van der Waals surface area contributed by atoms with Crippen LogP contribution in [-0.2, 0) is 5.41 Å². The van der Waals surface area contributed by atoms with Crippen LogP contribution in [0.25, 0.3) is 93.6 Å². The normalized spacial score (nSPS) is 13.0. The van der Waals surface area contributed by atoms with E-state index in [1.165, 1.54) is 60.4 Å². The van der Waals surface area contributed by atoms with Crippen LogP contribution in [0.5, 0.6) is 0 Å². The number of hydrogen-bond donors (Lipinski definition) is 0. The molecule has 0 fully saturated rings. The third-order valence-corrected chi connectivity index (χ3v) is 13.8. The largest absolute Gasteiger partial charge is 0.453 e. The summed E-state index contributed by atoms with van der Waals surface area (Å²) in [4.78, 5) is 2.44. The molecule has 0 N–H and O–H groups in total. The van der Waals surface area contributed by atoms with Crippen molar-refractivity contribution in [2.45, 2.75) is 19.3 Å². The molecule has 0 unspecified atom stereocenters. The average molecular weight is 819 g/mol. The minimum Gasteiger partial charge on any atom is -0.453 e. The first-order chi connectivity index (χ1) is 31.5. The number of furan rings is 1. The highest BCUT2D eigenvalue weighted by molar-refractivity contribution is 6.24. The van der Waals surface area contributed by atoms with Crippen LogP contribution in [-0.4, -0.2) is 4.57 Å². The van der Waals surface area contributed by atoms with E-state index in [-0.39, 0.29) is 5.41 Å². The Morgan fingerprint density at radius 3 is 1.91 bits per heavy atom. The second-order valence-electron chi connectivity index (χ2n) is 17.6. The molecule has 13 rings (SSSR count). The summed E-state index contributed by atoms with van der Waals surface area (Å²) in [5.74, 6) is 0. The Morgan fingerprint density at radius 2 is 1.06 bits per heavy atom. The molecule has 0 aliphatic heterocycles. The molecule has 2 heterocycles. The van der Waals surface area contributed by atoms with Crippen LogP contribution in [0.2, 0.25) is 0 Å². The summed E-state index contributed by atoms with van der Waals surface area (Å²) >= 11 is 0. The smallest absolute Gasteiger partial charge is 0.159 e. The Morgan fingerprint density at radius 1 is 0.422 bits per heavy atom. The van der Waals surface area contributed by atoms with Crippen LogP contribution < -0.4 is 4.90 Å². The third-order valence-electron chi connectivity index (χ3n) is 13.8. The van der Waals surface area contributed by atoms with Crippen LogP contribution >= 0.6 is 0 Å². The van der Waals surface area contributed by atoms with Crippen molar-refractivity contribution in [1.82, 2.24) is 4.57 Å². The first-order valence-electron chi connectivity index (χ1n) is 22.2. The fourth-order valence-corrected chi connectivity index (χ4v) is 10.8. The van der Waals surface area contributed by atoms with Crippen molar-refractivity contribution in [2.24, 2.45) is 0 Å². The molecule has 0 saturated carbocycles. The fraction of sp³-hybridized carbons (Fsp3) is 0.0492. The lowest BCUT2D eigenvalue weighted by molar-refractivity contribution is 0.660. The molecule has 0 spiro atoms. The predicted octanol–water partition coefficient (Wildman–Crippen LogP) is 16.9. The Kier molecular flexibility index (Phi) is 7.95. The van der Waals surface area contributed by atoms with Gasteiger partial charge in [0.05, 0.1) is 22.4 Å². The van der Waals surface area contributed by atoms with Crippen LogP contribution in [0.15, 0.2) is 223 Å². The molecular formula is C61H42N2O. The van der Waals surface area contributed by atoms with E-state index in [0.717, 1.165) is 61.4 Å². The predicted molar refractivity (Wildman–Crippen MR) is 269 cm³/mol. The van der Waals surface area contributed by atoms with E-state index in [2.05, 4.69) is 242 Å². The number of anilines is 3. The van der Waals surface area contributed by atoms with Gasteiger partial charge in [-0.1, -0.05) is 172 Å². The van der Waals surface area contributed by atoms with Crippen molar-refractivity contribution in [3.63, 3.8) is 0 Å². The highest BCUT2D eigenvalue weighted by atomic mass is 16.3. The Bertz CT molecular complexity index is 3800. The van der Waals surface area contributed by atoms with Gasteiger partial charge < -0.3 is 13.9 Å². The number of hydrogen-bond acceptors (Lipinski definition) is 2. The maximum absolute atomic E-state index is 7.29. The van der Waals surface area contributed by atoms with E-state index in [9.17, 15) is 0 Å². The fourth-order valence-electron chi connectivity index (χ4n) is 10.8. The first-order valence-corrected chi connectivity index (χ1v) is 22.2. The van der Waals surface area contributed by atoms with Crippen LogP contribution in [0, 0.1) is 0 Å². The minimum atomic E-state index is -0.158. The van der Waals surface area contributed by atoms with Gasteiger partial charge in [-0.05, 0) is 105 Å².